The molecule has 8 heteroatoms. The number of aryl methyl sites for hydroxylation is 1. The Morgan fingerprint density at radius 3 is 2.52 bits per heavy atom. The maximum Gasteiger partial charge on any atom is 0.343 e. The number of nitro groups is 1. The van der Waals surface area contributed by atoms with Crippen LogP contribution in [0.5, 0.6) is 5.75 Å². The number of amides is 1. The number of carbonyl (C=O) groups is 2. The molecule has 1 N–H and O–H groups in total. The van der Waals surface area contributed by atoms with Gasteiger partial charge in [-0.1, -0.05) is 25.1 Å². The van der Waals surface area contributed by atoms with Gasteiger partial charge in [-0.3, -0.25) is 19.9 Å². The summed E-state index contributed by atoms with van der Waals surface area (Å²) in [6.07, 6.45) is 3.48. The van der Waals surface area contributed by atoms with Crippen molar-refractivity contribution >= 4 is 23.3 Å². The van der Waals surface area contributed by atoms with Crippen LogP contribution in [0.4, 0.5) is 11.4 Å². The van der Waals surface area contributed by atoms with Crippen molar-refractivity contribution in [3.05, 3.63) is 93.8 Å². The van der Waals surface area contributed by atoms with Gasteiger partial charge in [0.25, 0.3) is 11.6 Å². The predicted octanol–water partition coefficient (Wildman–Crippen LogP) is 4.02. The third kappa shape index (κ3) is 4.62. The Labute approximate surface area is 166 Å². The SMILES string of the molecule is CCc1cccc(C(=O)Nc2cccc([N+](=O)[O-])c2)c1OC(=O)c1ccncc1. The van der Waals surface area contributed by atoms with Crippen LogP contribution >= 0.6 is 0 Å². The van der Waals surface area contributed by atoms with E-state index in [1.165, 1.54) is 54.9 Å². The summed E-state index contributed by atoms with van der Waals surface area (Å²) in [6.45, 7) is 1.88. The average Bonchev–Trinajstić information content (AvgIpc) is 2.74. The number of esters is 1. The van der Waals surface area contributed by atoms with Gasteiger partial charge in [0, 0.05) is 30.2 Å². The van der Waals surface area contributed by atoms with Crippen molar-refractivity contribution in [1.29, 1.82) is 0 Å². The lowest BCUT2D eigenvalue weighted by Crippen LogP contribution is -2.17. The van der Waals surface area contributed by atoms with Crippen LogP contribution in [-0.4, -0.2) is 21.8 Å². The number of nitrogens with zero attached hydrogens (tertiary/aromatic N) is 2. The highest BCUT2D eigenvalue weighted by atomic mass is 16.6. The number of anilines is 1. The Balaban J connectivity index is 1.91. The molecule has 2 aromatic carbocycles. The molecule has 0 atom stereocenters. The van der Waals surface area contributed by atoms with E-state index in [-0.39, 0.29) is 22.7 Å². The van der Waals surface area contributed by atoms with Crippen LogP contribution in [0.15, 0.2) is 67.0 Å². The van der Waals surface area contributed by atoms with E-state index < -0.39 is 16.8 Å². The molecular weight excluding hydrogens is 374 g/mol. The molecule has 3 rings (SSSR count). The van der Waals surface area contributed by atoms with Crippen LogP contribution in [0, 0.1) is 10.1 Å². The molecule has 1 heterocycles. The molecule has 29 heavy (non-hydrogen) atoms. The Morgan fingerprint density at radius 2 is 1.83 bits per heavy atom. The first-order chi connectivity index (χ1) is 14.0. The summed E-state index contributed by atoms with van der Waals surface area (Å²) in [5.41, 5.74) is 1.25. The first-order valence-corrected chi connectivity index (χ1v) is 8.79. The van der Waals surface area contributed by atoms with Crippen molar-refractivity contribution in [3.63, 3.8) is 0 Å². The minimum Gasteiger partial charge on any atom is -0.422 e. The minimum absolute atomic E-state index is 0.144. The number of carbonyl (C=O) groups excluding carboxylic acids is 2. The van der Waals surface area contributed by atoms with E-state index >= 15 is 0 Å². The second-order valence-corrected chi connectivity index (χ2v) is 6.03. The molecule has 3 aromatic rings. The van der Waals surface area contributed by atoms with Gasteiger partial charge >= 0.3 is 5.97 Å². The number of rotatable bonds is 6. The highest BCUT2D eigenvalue weighted by Gasteiger charge is 2.20. The number of hydrogen-bond donors (Lipinski definition) is 1. The Morgan fingerprint density at radius 1 is 1.10 bits per heavy atom. The van der Waals surface area contributed by atoms with Gasteiger partial charge in [0.15, 0.2) is 0 Å². The van der Waals surface area contributed by atoms with Gasteiger partial charge in [0.1, 0.15) is 5.75 Å². The second kappa shape index (κ2) is 8.75. The maximum absolute atomic E-state index is 12.8. The molecular formula is C21H17N3O5. The van der Waals surface area contributed by atoms with E-state index in [2.05, 4.69) is 10.3 Å². The van der Waals surface area contributed by atoms with Crippen molar-refractivity contribution in [2.24, 2.45) is 0 Å². The molecule has 1 amide bonds. The van der Waals surface area contributed by atoms with Crippen molar-refractivity contribution in [2.45, 2.75) is 13.3 Å². The molecule has 0 aliphatic carbocycles. The Kier molecular flexibility index (Phi) is 5.94. The molecule has 0 aliphatic rings. The number of pyridine rings is 1. The quantitative estimate of drug-likeness (QED) is 0.294. The summed E-state index contributed by atoms with van der Waals surface area (Å²) in [5, 5.41) is 13.5. The van der Waals surface area contributed by atoms with E-state index in [0.29, 0.717) is 17.5 Å². The smallest absolute Gasteiger partial charge is 0.343 e. The highest BCUT2D eigenvalue weighted by molar-refractivity contribution is 6.07. The third-order valence-corrected chi connectivity index (χ3v) is 4.15. The highest BCUT2D eigenvalue weighted by Crippen LogP contribution is 2.27. The van der Waals surface area contributed by atoms with Crippen LogP contribution in [-0.2, 0) is 6.42 Å². The van der Waals surface area contributed by atoms with Crippen molar-refractivity contribution in [1.82, 2.24) is 4.98 Å². The van der Waals surface area contributed by atoms with Gasteiger partial charge in [-0.15, -0.1) is 0 Å². The van der Waals surface area contributed by atoms with E-state index in [1.807, 2.05) is 6.92 Å². The first kappa shape index (κ1) is 19.7. The molecule has 0 radical (unpaired) electrons. The number of non-ortho nitro benzene ring substituents is 1. The fourth-order valence-corrected chi connectivity index (χ4v) is 2.70. The van der Waals surface area contributed by atoms with Crippen molar-refractivity contribution < 1.29 is 19.2 Å². The summed E-state index contributed by atoms with van der Waals surface area (Å²) >= 11 is 0. The number of benzene rings is 2. The minimum atomic E-state index is -0.613. The van der Waals surface area contributed by atoms with E-state index in [9.17, 15) is 19.7 Å². The standard InChI is InChI=1S/C21H17N3O5/c1-2-14-5-3-8-18(19(14)29-21(26)15-9-11-22-12-10-15)20(25)23-16-6-4-7-17(13-16)24(27)28/h3-13H,2H2,1H3,(H,23,25). The summed E-state index contributed by atoms with van der Waals surface area (Å²) in [7, 11) is 0. The molecule has 0 fully saturated rings. The number of nitro benzene ring substituents is 1. The summed E-state index contributed by atoms with van der Waals surface area (Å²) in [6, 6.07) is 13.6. The Hall–Kier alpha value is -4.07. The lowest BCUT2D eigenvalue weighted by molar-refractivity contribution is -0.384. The monoisotopic (exact) mass is 391 g/mol. The largest absolute Gasteiger partial charge is 0.422 e. The van der Waals surface area contributed by atoms with E-state index in [4.69, 9.17) is 4.74 Å². The molecule has 146 valence electrons. The van der Waals surface area contributed by atoms with Crippen molar-refractivity contribution in [3.8, 4) is 5.75 Å². The van der Waals surface area contributed by atoms with Crippen LogP contribution < -0.4 is 10.1 Å². The van der Waals surface area contributed by atoms with E-state index in [1.54, 1.807) is 12.1 Å². The number of para-hydroxylation sites is 1. The van der Waals surface area contributed by atoms with Crippen LogP contribution in [0.3, 0.4) is 0 Å². The third-order valence-electron chi connectivity index (χ3n) is 4.15. The fraction of sp³-hybridized carbons (Fsp3) is 0.0952. The molecule has 1 aromatic heterocycles. The Bertz CT molecular complexity index is 1070. The van der Waals surface area contributed by atoms with Gasteiger partial charge in [-0.05, 0) is 36.2 Å². The topological polar surface area (TPSA) is 111 Å². The molecule has 0 spiro atoms. The zero-order valence-corrected chi connectivity index (χ0v) is 15.5. The van der Waals surface area contributed by atoms with Crippen LogP contribution in [0.1, 0.15) is 33.2 Å². The maximum atomic E-state index is 12.8. The summed E-state index contributed by atoms with van der Waals surface area (Å²) < 4.78 is 5.54. The number of hydrogen-bond acceptors (Lipinski definition) is 6. The molecule has 0 saturated carbocycles. The lowest BCUT2D eigenvalue weighted by Gasteiger charge is -2.14. The van der Waals surface area contributed by atoms with Gasteiger partial charge in [-0.25, -0.2) is 4.79 Å². The molecule has 0 saturated heterocycles. The molecule has 0 bridgehead atoms. The molecule has 0 aliphatic heterocycles. The van der Waals surface area contributed by atoms with Gasteiger partial charge in [0.2, 0.25) is 0 Å². The molecule has 8 nitrogen and oxygen atoms in total. The number of ether oxygens (including phenoxy) is 1. The first-order valence-electron chi connectivity index (χ1n) is 8.79. The van der Waals surface area contributed by atoms with Crippen LogP contribution in [0.25, 0.3) is 0 Å². The normalized spacial score (nSPS) is 10.2. The van der Waals surface area contributed by atoms with Gasteiger partial charge in [0.05, 0.1) is 16.1 Å². The number of nitrogens with one attached hydrogen (secondary N) is 1. The zero-order valence-electron chi connectivity index (χ0n) is 15.5. The zero-order chi connectivity index (χ0) is 20.8. The fourth-order valence-electron chi connectivity index (χ4n) is 2.70. The van der Waals surface area contributed by atoms with Crippen molar-refractivity contribution in [2.75, 3.05) is 5.32 Å². The second-order valence-electron chi connectivity index (χ2n) is 6.03. The summed E-state index contributed by atoms with van der Waals surface area (Å²) in [5.74, 6) is -1.00. The van der Waals surface area contributed by atoms with Gasteiger partial charge in [-0.2, -0.15) is 0 Å². The number of aromatic nitrogens is 1. The average molecular weight is 391 g/mol. The molecule has 0 unspecified atom stereocenters. The lowest BCUT2D eigenvalue weighted by atomic mass is 10.1. The van der Waals surface area contributed by atoms with Crippen LogP contribution in [0.2, 0.25) is 0 Å². The summed E-state index contributed by atoms with van der Waals surface area (Å²) in [4.78, 5) is 39.5. The predicted molar refractivity (Wildman–Crippen MR) is 106 cm³/mol. The van der Waals surface area contributed by atoms with E-state index in [0.717, 1.165) is 0 Å². The van der Waals surface area contributed by atoms with Gasteiger partial charge < -0.3 is 10.1 Å².